The fraction of sp³-hybridized carbons (Fsp3) is 0.923. The first-order valence-corrected chi connectivity index (χ1v) is 13.2. The molecule has 6 heteroatoms. The Morgan fingerprint density at radius 3 is 1.41 bits per heavy atom. The van der Waals surface area contributed by atoms with Crippen molar-refractivity contribution in [1.29, 1.82) is 0 Å². The number of rotatable bonds is 24. The van der Waals surface area contributed by atoms with E-state index in [9.17, 15) is 19.8 Å². The zero-order valence-corrected chi connectivity index (χ0v) is 21.0. The van der Waals surface area contributed by atoms with Crippen molar-refractivity contribution in [3.63, 3.8) is 0 Å². The number of hydrogen-bond acceptors (Lipinski definition) is 4. The predicted molar refractivity (Wildman–Crippen MR) is 131 cm³/mol. The van der Waals surface area contributed by atoms with Gasteiger partial charge in [0, 0.05) is 6.61 Å². The van der Waals surface area contributed by atoms with Crippen molar-refractivity contribution < 1.29 is 24.9 Å². The first kappa shape index (κ1) is 30.9. The van der Waals surface area contributed by atoms with Gasteiger partial charge in [0.05, 0.1) is 0 Å². The molecule has 0 heterocycles. The van der Waals surface area contributed by atoms with Crippen LogP contribution in [0.5, 0.6) is 0 Å². The standard InChI is InChI=1S/C26H51NO5/c1-3-4-5-6-7-8-10-15-20-27(22-17-12-13-18-23-28)21-16-11-9-14-19-26(2,24(29)30)25(31)32/h28H,3-23H2,1-2H3,(H,29,30)(H,31,32). The Labute approximate surface area is 196 Å². The van der Waals surface area contributed by atoms with Crippen LogP contribution in [-0.2, 0) is 9.59 Å². The van der Waals surface area contributed by atoms with E-state index in [2.05, 4.69) is 11.8 Å². The molecule has 0 saturated heterocycles. The maximum absolute atomic E-state index is 11.2. The van der Waals surface area contributed by atoms with E-state index in [1.807, 2.05) is 0 Å². The minimum Gasteiger partial charge on any atom is -0.480 e. The molecule has 0 rings (SSSR count). The van der Waals surface area contributed by atoms with Gasteiger partial charge in [0.2, 0.25) is 0 Å². The fourth-order valence-electron chi connectivity index (χ4n) is 4.08. The van der Waals surface area contributed by atoms with Crippen molar-refractivity contribution in [3.05, 3.63) is 0 Å². The molecule has 0 unspecified atom stereocenters. The second kappa shape index (κ2) is 20.5. The van der Waals surface area contributed by atoms with Crippen LogP contribution in [-0.4, -0.2) is 58.4 Å². The smallest absolute Gasteiger partial charge is 0.320 e. The van der Waals surface area contributed by atoms with Gasteiger partial charge in [-0.1, -0.05) is 84.0 Å². The van der Waals surface area contributed by atoms with Crippen molar-refractivity contribution in [2.75, 3.05) is 26.2 Å². The summed E-state index contributed by atoms with van der Waals surface area (Å²) in [7, 11) is 0. The number of aliphatic hydroxyl groups is 1. The van der Waals surface area contributed by atoms with E-state index in [-0.39, 0.29) is 13.0 Å². The summed E-state index contributed by atoms with van der Waals surface area (Å²) in [5, 5.41) is 27.3. The molecule has 32 heavy (non-hydrogen) atoms. The summed E-state index contributed by atoms with van der Waals surface area (Å²) in [6.07, 6.45) is 18.7. The van der Waals surface area contributed by atoms with Crippen LogP contribution >= 0.6 is 0 Å². The molecule has 0 aliphatic rings. The molecule has 0 aromatic carbocycles. The highest BCUT2D eigenvalue weighted by Crippen LogP contribution is 2.25. The Balaban J connectivity index is 4.11. The molecule has 0 bridgehead atoms. The van der Waals surface area contributed by atoms with Crippen LogP contribution in [0.2, 0.25) is 0 Å². The SMILES string of the molecule is CCCCCCCCCCN(CCCCCCO)CCCCCCC(C)(C(=O)O)C(=O)O. The Hall–Kier alpha value is -1.14. The Morgan fingerprint density at radius 1 is 0.625 bits per heavy atom. The number of hydrogen-bond donors (Lipinski definition) is 3. The summed E-state index contributed by atoms with van der Waals surface area (Å²) in [4.78, 5) is 25.1. The van der Waals surface area contributed by atoms with Crippen molar-refractivity contribution in [2.24, 2.45) is 5.41 Å². The lowest BCUT2D eigenvalue weighted by Gasteiger charge is -2.23. The molecule has 6 nitrogen and oxygen atoms in total. The normalized spacial score (nSPS) is 11.9. The lowest BCUT2D eigenvalue weighted by Crippen LogP contribution is -2.36. The predicted octanol–water partition coefficient (Wildman–Crippen LogP) is 6.11. The van der Waals surface area contributed by atoms with Gasteiger partial charge in [0.15, 0.2) is 5.41 Å². The lowest BCUT2D eigenvalue weighted by atomic mass is 9.85. The molecule has 0 atom stereocenters. The number of carboxylic acid groups (broad SMARTS) is 2. The monoisotopic (exact) mass is 457 g/mol. The average molecular weight is 458 g/mol. The van der Waals surface area contributed by atoms with Crippen LogP contribution in [0.3, 0.4) is 0 Å². The first-order valence-electron chi connectivity index (χ1n) is 13.2. The van der Waals surface area contributed by atoms with Gasteiger partial charge in [-0.05, 0) is 58.7 Å². The van der Waals surface area contributed by atoms with E-state index in [0.717, 1.165) is 58.2 Å². The summed E-state index contributed by atoms with van der Waals surface area (Å²) in [5.74, 6) is -2.49. The zero-order chi connectivity index (χ0) is 24.1. The molecular weight excluding hydrogens is 406 g/mol. The van der Waals surface area contributed by atoms with E-state index in [1.165, 1.54) is 64.7 Å². The Kier molecular flexibility index (Phi) is 19.7. The number of aliphatic carboxylic acids is 2. The summed E-state index contributed by atoms with van der Waals surface area (Å²) in [6, 6.07) is 0. The van der Waals surface area contributed by atoms with Crippen LogP contribution in [0.4, 0.5) is 0 Å². The Bertz CT molecular complexity index is 455. The number of aliphatic hydroxyl groups excluding tert-OH is 1. The van der Waals surface area contributed by atoms with Gasteiger partial charge < -0.3 is 20.2 Å². The molecule has 0 aromatic rings. The largest absolute Gasteiger partial charge is 0.480 e. The van der Waals surface area contributed by atoms with Gasteiger partial charge >= 0.3 is 11.9 Å². The van der Waals surface area contributed by atoms with E-state index in [0.29, 0.717) is 6.42 Å². The Morgan fingerprint density at radius 2 is 1.00 bits per heavy atom. The van der Waals surface area contributed by atoms with Crippen molar-refractivity contribution in [2.45, 2.75) is 123 Å². The fourth-order valence-corrected chi connectivity index (χ4v) is 4.08. The lowest BCUT2D eigenvalue weighted by molar-refractivity contribution is -0.163. The molecule has 3 N–H and O–H groups in total. The van der Waals surface area contributed by atoms with Gasteiger partial charge in [-0.3, -0.25) is 9.59 Å². The van der Waals surface area contributed by atoms with Gasteiger partial charge in [-0.15, -0.1) is 0 Å². The number of unbranched alkanes of at least 4 members (excludes halogenated alkanes) is 13. The second-order valence-electron chi connectivity index (χ2n) is 9.56. The van der Waals surface area contributed by atoms with Crippen molar-refractivity contribution in [1.82, 2.24) is 4.90 Å². The van der Waals surface area contributed by atoms with E-state index in [1.54, 1.807) is 0 Å². The molecule has 0 aliphatic heterocycles. The molecule has 0 aliphatic carbocycles. The minimum atomic E-state index is -1.67. The third-order valence-electron chi connectivity index (χ3n) is 6.56. The van der Waals surface area contributed by atoms with Crippen LogP contribution in [0.1, 0.15) is 123 Å². The zero-order valence-electron chi connectivity index (χ0n) is 21.0. The summed E-state index contributed by atoms with van der Waals surface area (Å²) in [6.45, 7) is 7.15. The van der Waals surface area contributed by atoms with Gasteiger partial charge in [0.25, 0.3) is 0 Å². The van der Waals surface area contributed by atoms with Crippen LogP contribution in [0, 0.1) is 5.41 Å². The van der Waals surface area contributed by atoms with Crippen LogP contribution in [0.15, 0.2) is 0 Å². The maximum atomic E-state index is 11.2. The van der Waals surface area contributed by atoms with Crippen LogP contribution in [0.25, 0.3) is 0 Å². The van der Waals surface area contributed by atoms with Gasteiger partial charge in [-0.2, -0.15) is 0 Å². The molecule has 190 valence electrons. The molecular formula is C26H51NO5. The summed E-state index contributed by atoms with van der Waals surface area (Å²) < 4.78 is 0. The van der Waals surface area contributed by atoms with Gasteiger partial charge in [0.1, 0.15) is 0 Å². The summed E-state index contributed by atoms with van der Waals surface area (Å²) >= 11 is 0. The highest BCUT2D eigenvalue weighted by Gasteiger charge is 2.40. The molecule has 0 saturated carbocycles. The molecule has 0 spiro atoms. The van der Waals surface area contributed by atoms with Crippen molar-refractivity contribution in [3.8, 4) is 0 Å². The molecule has 0 fully saturated rings. The highest BCUT2D eigenvalue weighted by molar-refractivity contribution is 5.97. The first-order chi connectivity index (χ1) is 15.4. The number of carboxylic acids is 2. The van der Waals surface area contributed by atoms with Crippen molar-refractivity contribution >= 4 is 11.9 Å². The minimum absolute atomic E-state index is 0.185. The summed E-state index contributed by atoms with van der Waals surface area (Å²) in [5.41, 5.74) is -1.67. The second-order valence-corrected chi connectivity index (χ2v) is 9.56. The molecule has 0 radical (unpaired) electrons. The number of nitrogens with zero attached hydrogens (tertiary/aromatic N) is 1. The van der Waals surface area contributed by atoms with E-state index in [4.69, 9.17) is 5.11 Å². The average Bonchev–Trinajstić information content (AvgIpc) is 2.76. The molecule has 0 amide bonds. The topological polar surface area (TPSA) is 98.1 Å². The quantitative estimate of drug-likeness (QED) is 0.119. The number of carbonyl (C=O) groups is 2. The third-order valence-corrected chi connectivity index (χ3v) is 6.56. The van der Waals surface area contributed by atoms with Gasteiger partial charge in [-0.25, -0.2) is 0 Å². The highest BCUT2D eigenvalue weighted by atomic mass is 16.4. The maximum Gasteiger partial charge on any atom is 0.320 e. The van der Waals surface area contributed by atoms with E-state index < -0.39 is 17.4 Å². The van der Waals surface area contributed by atoms with E-state index >= 15 is 0 Å². The molecule has 0 aromatic heterocycles. The van der Waals surface area contributed by atoms with Crippen LogP contribution < -0.4 is 0 Å². The third kappa shape index (κ3) is 15.6.